The largest absolute Gasteiger partial charge is 0.381 e. The van der Waals surface area contributed by atoms with Gasteiger partial charge < -0.3 is 5.73 Å². The Kier molecular flexibility index (Phi) is 2.11. The van der Waals surface area contributed by atoms with Crippen LogP contribution < -0.4 is 5.73 Å². The number of pyridine rings is 1. The van der Waals surface area contributed by atoms with Gasteiger partial charge in [0.2, 0.25) is 0 Å². The Balaban J connectivity index is 2.07. The molecule has 2 aromatic heterocycles. The van der Waals surface area contributed by atoms with Crippen LogP contribution in [-0.4, -0.2) is 14.8 Å². The number of aryl methyl sites for hydroxylation is 2. The van der Waals surface area contributed by atoms with Crippen molar-refractivity contribution >= 4 is 17.4 Å². The fourth-order valence-electron chi connectivity index (χ4n) is 2.02. The lowest BCUT2D eigenvalue weighted by atomic mass is 10.2. The molecule has 0 unspecified atom stereocenters. The van der Waals surface area contributed by atoms with Crippen LogP contribution in [0.1, 0.15) is 17.7 Å². The molecule has 0 bridgehead atoms. The zero-order chi connectivity index (χ0) is 11.1. The zero-order valence-electron chi connectivity index (χ0n) is 8.65. The van der Waals surface area contributed by atoms with Gasteiger partial charge in [-0.25, -0.2) is 9.67 Å². The minimum absolute atomic E-state index is 0.337. The number of aromatic nitrogens is 3. The Hall–Kier alpha value is -1.55. The SMILES string of the molecule is Nc1nn(-c2ccc3c(n2)CCC3)cc1Cl. The number of nitrogens with two attached hydrogens (primary N) is 1. The van der Waals surface area contributed by atoms with Crippen LogP contribution in [0.5, 0.6) is 0 Å². The monoisotopic (exact) mass is 234 g/mol. The summed E-state index contributed by atoms with van der Waals surface area (Å²) >= 11 is 5.86. The predicted octanol–water partition coefficient (Wildman–Crippen LogP) is 1.99. The van der Waals surface area contributed by atoms with E-state index in [0.29, 0.717) is 10.8 Å². The topological polar surface area (TPSA) is 56.7 Å². The van der Waals surface area contributed by atoms with E-state index in [-0.39, 0.29) is 0 Å². The molecule has 0 saturated heterocycles. The normalized spacial score (nSPS) is 14.1. The Bertz CT molecular complexity index is 527. The lowest BCUT2D eigenvalue weighted by molar-refractivity contribution is 0.835. The van der Waals surface area contributed by atoms with Crippen LogP contribution in [0.2, 0.25) is 5.02 Å². The van der Waals surface area contributed by atoms with Crippen LogP contribution in [0.25, 0.3) is 5.82 Å². The number of hydrogen-bond acceptors (Lipinski definition) is 3. The van der Waals surface area contributed by atoms with E-state index in [2.05, 4.69) is 16.1 Å². The van der Waals surface area contributed by atoms with Gasteiger partial charge in [-0.3, -0.25) is 0 Å². The quantitative estimate of drug-likeness (QED) is 0.821. The number of rotatable bonds is 1. The minimum Gasteiger partial charge on any atom is -0.381 e. The highest BCUT2D eigenvalue weighted by Gasteiger charge is 2.14. The highest BCUT2D eigenvalue weighted by atomic mass is 35.5. The highest BCUT2D eigenvalue weighted by molar-refractivity contribution is 6.32. The summed E-state index contributed by atoms with van der Waals surface area (Å²) in [7, 11) is 0. The maximum absolute atomic E-state index is 5.86. The van der Waals surface area contributed by atoms with Crippen molar-refractivity contribution in [2.24, 2.45) is 0 Å². The Morgan fingerprint density at radius 3 is 2.94 bits per heavy atom. The average Bonchev–Trinajstić information content (AvgIpc) is 2.85. The van der Waals surface area contributed by atoms with Crippen molar-refractivity contribution < 1.29 is 0 Å². The van der Waals surface area contributed by atoms with Crippen molar-refractivity contribution in [3.8, 4) is 5.82 Å². The molecule has 0 amide bonds. The first-order valence-corrected chi connectivity index (χ1v) is 5.61. The average molecular weight is 235 g/mol. The minimum atomic E-state index is 0.337. The lowest BCUT2D eigenvalue weighted by Crippen LogP contribution is -2.01. The van der Waals surface area contributed by atoms with Gasteiger partial charge >= 0.3 is 0 Å². The van der Waals surface area contributed by atoms with Gasteiger partial charge in [0.1, 0.15) is 5.02 Å². The van der Waals surface area contributed by atoms with Gasteiger partial charge in [-0.15, -0.1) is 5.10 Å². The van der Waals surface area contributed by atoms with Gasteiger partial charge in [0, 0.05) is 5.69 Å². The summed E-state index contributed by atoms with van der Waals surface area (Å²) in [6.07, 6.45) is 5.05. The van der Waals surface area contributed by atoms with Gasteiger partial charge in [-0.2, -0.15) is 0 Å². The van der Waals surface area contributed by atoms with Crippen LogP contribution in [0.3, 0.4) is 0 Å². The lowest BCUT2D eigenvalue weighted by Gasteiger charge is -2.03. The van der Waals surface area contributed by atoms with Crippen molar-refractivity contribution in [2.45, 2.75) is 19.3 Å². The molecular weight excluding hydrogens is 224 g/mol. The third-order valence-corrected chi connectivity index (χ3v) is 3.14. The summed E-state index contributed by atoms with van der Waals surface area (Å²) in [6.45, 7) is 0. The second-order valence-corrected chi connectivity index (χ2v) is 4.34. The number of hydrogen-bond donors (Lipinski definition) is 1. The Morgan fingerprint density at radius 2 is 2.19 bits per heavy atom. The molecule has 5 heteroatoms. The van der Waals surface area contributed by atoms with Crippen LogP contribution >= 0.6 is 11.6 Å². The Labute approximate surface area is 98.0 Å². The number of fused-ring (bicyclic) bond motifs is 1. The van der Waals surface area contributed by atoms with E-state index < -0.39 is 0 Å². The van der Waals surface area contributed by atoms with E-state index in [1.807, 2.05) is 6.07 Å². The molecule has 0 saturated carbocycles. The molecule has 0 aliphatic heterocycles. The van der Waals surface area contributed by atoms with Crippen molar-refractivity contribution in [3.63, 3.8) is 0 Å². The van der Waals surface area contributed by atoms with Gasteiger partial charge in [0.05, 0.1) is 6.20 Å². The third-order valence-electron chi connectivity index (χ3n) is 2.84. The molecular formula is C11H11ClN4. The number of halogens is 1. The standard InChI is InChI=1S/C11H11ClN4/c12-8-6-16(15-11(8)13)10-5-4-7-2-1-3-9(7)14-10/h4-6H,1-3H2,(H2,13,15). The van der Waals surface area contributed by atoms with E-state index in [1.165, 1.54) is 17.7 Å². The predicted molar refractivity (Wildman–Crippen MR) is 62.8 cm³/mol. The van der Waals surface area contributed by atoms with Crippen molar-refractivity contribution in [2.75, 3.05) is 5.73 Å². The van der Waals surface area contributed by atoms with E-state index in [0.717, 1.165) is 18.7 Å². The molecule has 2 aromatic rings. The van der Waals surface area contributed by atoms with Gasteiger partial charge in [-0.1, -0.05) is 17.7 Å². The number of nitrogen functional groups attached to an aromatic ring is 1. The summed E-state index contributed by atoms with van der Waals surface area (Å²) < 4.78 is 1.62. The maximum Gasteiger partial charge on any atom is 0.164 e. The van der Waals surface area contributed by atoms with Crippen molar-refractivity contribution in [3.05, 3.63) is 34.6 Å². The van der Waals surface area contributed by atoms with E-state index >= 15 is 0 Å². The Morgan fingerprint density at radius 1 is 1.31 bits per heavy atom. The number of nitrogens with zero attached hydrogens (tertiary/aromatic N) is 3. The van der Waals surface area contributed by atoms with Crippen LogP contribution in [0.15, 0.2) is 18.3 Å². The van der Waals surface area contributed by atoms with Crippen molar-refractivity contribution in [1.82, 2.24) is 14.8 Å². The van der Waals surface area contributed by atoms with Crippen LogP contribution in [-0.2, 0) is 12.8 Å². The molecule has 82 valence electrons. The molecule has 0 aromatic carbocycles. The van der Waals surface area contributed by atoms with Gasteiger partial charge in [0.25, 0.3) is 0 Å². The summed E-state index contributed by atoms with van der Waals surface area (Å²) in [4.78, 5) is 4.56. The summed E-state index contributed by atoms with van der Waals surface area (Å²) in [6, 6.07) is 4.06. The molecule has 0 atom stereocenters. The summed E-state index contributed by atoms with van der Waals surface area (Å²) in [5.74, 6) is 1.11. The first-order chi connectivity index (χ1) is 7.74. The molecule has 2 heterocycles. The van der Waals surface area contributed by atoms with Gasteiger partial charge in [-0.05, 0) is 30.9 Å². The second kappa shape index (κ2) is 3.49. The molecule has 3 rings (SSSR count). The molecule has 0 fully saturated rings. The summed E-state index contributed by atoms with van der Waals surface area (Å²) in [5.41, 5.74) is 8.11. The van der Waals surface area contributed by atoms with Crippen LogP contribution in [0.4, 0.5) is 5.82 Å². The second-order valence-electron chi connectivity index (χ2n) is 3.94. The fourth-order valence-corrected chi connectivity index (χ4v) is 2.15. The van der Waals surface area contributed by atoms with Crippen LogP contribution in [0, 0.1) is 0 Å². The van der Waals surface area contributed by atoms with Crippen molar-refractivity contribution in [1.29, 1.82) is 0 Å². The van der Waals surface area contributed by atoms with E-state index in [9.17, 15) is 0 Å². The van der Waals surface area contributed by atoms with E-state index in [1.54, 1.807) is 10.9 Å². The zero-order valence-corrected chi connectivity index (χ0v) is 9.41. The first-order valence-electron chi connectivity index (χ1n) is 5.24. The number of anilines is 1. The third kappa shape index (κ3) is 1.46. The van der Waals surface area contributed by atoms with E-state index in [4.69, 9.17) is 17.3 Å². The maximum atomic E-state index is 5.86. The first kappa shape index (κ1) is 9.66. The molecule has 0 spiro atoms. The molecule has 16 heavy (non-hydrogen) atoms. The fraction of sp³-hybridized carbons (Fsp3) is 0.273. The highest BCUT2D eigenvalue weighted by Crippen LogP contribution is 2.22. The summed E-state index contributed by atoms with van der Waals surface area (Å²) in [5, 5.41) is 4.57. The molecule has 1 aliphatic carbocycles. The molecule has 1 aliphatic rings. The molecule has 4 nitrogen and oxygen atoms in total. The smallest absolute Gasteiger partial charge is 0.164 e. The molecule has 2 N–H and O–H groups in total. The molecule has 0 radical (unpaired) electrons. The van der Waals surface area contributed by atoms with Gasteiger partial charge in [0.15, 0.2) is 11.6 Å².